The Morgan fingerprint density at radius 3 is 1.74 bits per heavy atom. The molecule has 43 heavy (non-hydrogen) atoms. The first-order chi connectivity index (χ1) is 21.1. The van der Waals surface area contributed by atoms with Gasteiger partial charge in [0.25, 0.3) is 0 Å². The predicted octanol–water partition coefficient (Wildman–Crippen LogP) is 9.20. The van der Waals surface area contributed by atoms with Crippen LogP contribution in [0.3, 0.4) is 0 Å². The molecule has 0 amide bonds. The van der Waals surface area contributed by atoms with Crippen molar-refractivity contribution in [3.63, 3.8) is 0 Å². The molecule has 2 aromatic heterocycles. The van der Waals surface area contributed by atoms with Crippen molar-refractivity contribution in [3.8, 4) is 33.9 Å². The zero-order chi connectivity index (χ0) is 28.9. The lowest BCUT2D eigenvalue weighted by molar-refractivity contribution is 0.958. The molecule has 0 saturated heterocycles. The molecule has 0 aliphatic rings. The van der Waals surface area contributed by atoms with Crippen LogP contribution in [0.2, 0.25) is 0 Å². The minimum absolute atomic E-state index is 0.830. The van der Waals surface area contributed by atoms with Gasteiger partial charge in [-0.15, -0.1) is 0 Å². The third-order valence-corrected chi connectivity index (χ3v) is 8.58. The third kappa shape index (κ3) is 4.31. The van der Waals surface area contributed by atoms with E-state index in [1.807, 2.05) is 12.1 Å². The van der Waals surface area contributed by atoms with Crippen LogP contribution < -0.4 is 0 Å². The molecule has 0 spiro atoms. The maximum atomic E-state index is 4.96. The summed E-state index contributed by atoms with van der Waals surface area (Å²) in [6, 6.07) is 47.5. The molecule has 0 N–H and O–H groups in total. The Hall–Kier alpha value is -5.48. The topological polar surface area (TPSA) is 35.6 Å². The Balaban J connectivity index is 1.21. The minimum atomic E-state index is 0.830. The van der Waals surface area contributed by atoms with E-state index in [4.69, 9.17) is 9.97 Å². The van der Waals surface area contributed by atoms with Crippen molar-refractivity contribution in [2.45, 2.75) is 6.42 Å². The van der Waals surface area contributed by atoms with Crippen LogP contribution in [0.15, 0.2) is 133 Å². The summed E-state index contributed by atoms with van der Waals surface area (Å²) >= 11 is 0. The Bertz CT molecular complexity index is 2300. The van der Waals surface area contributed by atoms with Gasteiger partial charge in [0, 0.05) is 25.2 Å². The van der Waals surface area contributed by atoms with Crippen molar-refractivity contribution in [1.29, 1.82) is 0 Å². The molecule has 0 aliphatic carbocycles. The number of aryl methyl sites for hydroxylation is 2. The Labute approximate surface area is 250 Å². The van der Waals surface area contributed by atoms with Gasteiger partial charge in [-0.3, -0.25) is 0 Å². The molecule has 0 bridgehead atoms. The molecule has 0 radical (unpaired) electrons. The van der Waals surface area contributed by atoms with E-state index in [0.717, 1.165) is 51.3 Å². The standard InChI is InChI=1S/C39H30N4/c1-42-35-21-5-3-19-33(35)40-38(42)30-16-7-11-26(24-30)23-29-15-8-12-27-13-10-18-32(37(27)29)28-14-9-17-31(25-28)39-41-34-20-4-6-22-36(34)43(39)2/h3-22,24-25H,23H2,1-2H3. The number of aromatic nitrogens is 4. The highest BCUT2D eigenvalue weighted by Crippen LogP contribution is 2.35. The van der Waals surface area contributed by atoms with E-state index in [1.54, 1.807) is 0 Å². The van der Waals surface area contributed by atoms with E-state index in [2.05, 4.69) is 145 Å². The van der Waals surface area contributed by atoms with Gasteiger partial charge >= 0.3 is 0 Å². The van der Waals surface area contributed by atoms with Gasteiger partial charge in [0.2, 0.25) is 0 Å². The molecule has 0 unspecified atom stereocenters. The van der Waals surface area contributed by atoms with E-state index in [0.29, 0.717) is 0 Å². The lowest BCUT2D eigenvalue weighted by atomic mass is 9.91. The van der Waals surface area contributed by atoms with Crippen molar-refractivity contribution in [2.75, 3.05) is 0 Å². The van der Waals surface area contributed by atoms with E-state index >= 15 is 0 Å². The monoisotopic (exact) mass is 554 g/mol. The zero-order valence-electron chi connectivity index (χ0n) is 24.2. The fourth-order valence-electron chi connectivity index (χ4n) is 6.48. The first-order valence-corrected chi connectivity index (χ1v) is 14.7. The van der Waals surface area contributed by atoms with Crippen LogP contribution in [0.25, 0.3) is 66.7 Å². The van der Waals surface area contributed by atoms with Gasteiger partial charge in [0.05, 0.1) is 22.1 Å². The molecule has 6 aromatic carbocycles. The van der Waals surface area contributed by atoms with Crippen molar-refractivity contribution >= 4 is 32.8 Å². The number of imidazole rings is 2. The highest BCUT2D eigenvalue weighted by atomic mass is 15.1. The van der Waals surface area contributed by atoms with E-state index < -0.39 is 0 Å². The summed E-state index contributed by atoms with van der Waals surface area (Å²) in [5, 5.41) is 2.54. The van der Waals surface area contributed by atoms with Gasteiger partial charge in [-0.25, -0.2) is 9.97 Å². The molecule has 206 valence electrons. The largest absolute Gasteiger partial charge is 0.327 e. The lowest BCUT2D eigenvalue weighted by Crippen LogP contribution is -1.96. The Morgan fingerprint density at radius 1 is 0.512 bits per heavy atom. The van der Waals surface area contributed by atoms with Crippen molar-refractivity contribution < 1.29 is 0 Å². The Morgan fingerprint density at radius 2 is 1.07 bits per heavy atom. The maximum absolute atomic E-state index is 4.96. The van der Waals surface area contributed by atoms with Crippen molar-refractivity contribution in [2.24, 2.45) is 14.1 Å². The number of hydrogen-bond acceptors (Lipinski definition) is 2. The van der Waals surface area contributed by atoms with Crippen LogP contribution in [0.5, 0.6) is 0 Å². The first-order valence-electron chi connectivity index (χ1n) is 14.7. The predicted molar refractivity (Wildman–Crippen MR) is 178 cm³/mol. The SMILES string of the molecule is Cn1c(-c2cccc(Cc3cccc4cccc(-c5cccc(-c6nc7ccccc7n6C)c5)c34)c2)nc2ccccc21. The highest BCUT2D eigenvalue weighted by molar-refractivity contribution is 6.00. The molecule has 0 saturated carbocycles. The number of rotatable bonds is 5. The highest BCUT2D eigenvalue weighted by Gasteiger charge is 2.14. The summed E-state index contributed by atoms with van der Waals surface area (Å²) in [5.74, 6) is 1.96. The molecule has 8 aromatic rings. The summed E-state index contributed by atoms with van der Waals surface area (Å²) in [6.07, 6.45) is 0.830. The van der Waals surface area contributed by atoms with Gasteiger partial charge in [-0.1, -0.05) is 97.1 Å². The molecular formula is C39H30N4. The van der Waals surface area contributed by atoms with Crippen molar-refractivity contribution in [3.05, 3.63) is 145 Å². The number of benzene rings is 6. The Kier molecular flexibility index (Phi) is 5.93. The zero-order valence-corrected chi connectivity index (χ0v) is 24.2. The van der Waals surface area contributed by atoms with Gasteiger partial charge in [-0.2, -0.15) is 0 Å². The van der Waals surface area contributed by atoms with Gasteiger partial charge < -0.3 is 9.13 Å². The van der Waals surface area contributed by atoms with Gasteiger partial charge in [0.1, 0.15) is 11.6 Å². The van der Waals surface area contributed by atoms with Crippen LogP contribution in [-0.4, -0.2) is 19.1 Å². The molecule has 4 heteroatoms. The number of hydrogen-bond donors (Lipinski definition) is 0. The second kappa shape index (κ2) is 10.1. The second-order valence-electron chi connectivity index (χ2n) is 11.2. The number of fused-ring (bicyclic) bond motifs is 3. The molecule has 4 nitrogen and oxygen atoms in total. The quantitative estimate of drug-likeness (QED) is 0.213. The van der Waals surface area contributed by atoms with Crippen LogP contribution in [0, 0.1) is 0 Å². The van der Waals surface area contributed by atoms with Crippen LogP contribution in [-0.2, 0) is 20.5 Å². The van der Waals surface area contributed by atoms with Crippen molar-refractivity contribution in [1.82, 2.24) is 19.1 Å². The van der Waals surface area contributed by atoms with E-state index in [-0.39, 0.29) is 0 Å². The van der Waals surface area contributed by atoms with Gasteiger partial charge in [0.15, 0.2) is 0 Å². The average molecular weight is 555 g/mol. The number of para-hydroxylation sites is 4. The molecule has 0 aliphatic heterocycles. The molecule has 8 rings (SSSR count). The van der Waals surface area contributed by atoms with E-state index in [9.17, 15) is 0 Å². The summed E-state index contributed by atoms with van der Waals surface area (Å²) < 4.78 is 4.36. The minimum Gasteiger partial charge on any atom is -0.327 e. The van der Waals surface area contributed by atoms with Gasteiger partial charge in [-0.05, 0) is 75.8 Å². The summed E-state index contributed by atoms with van der Waals surface area (Å²) in [5.41, 5.74) is 11.6. The third-order valence-electron chi connectivity index (χ3n) is 8.58. The molecule has 2 heterocycles. The average Bonchev–Trinajstić information content (AvgIpc) is 3.58. The lowest BCUT2D eigenvalue weighted by Gasteiger charge is -2.14. The fraction of sp³-hybridized carbons (Fsp3) is 0.0769. The molecule has 0 atom stereocenters. The normalized spacial score (nSPS) is 11.6. The van der Waals surface area contributed by atoms with E-state index in [1.165, 1.54) is 33.0 Å². The van der Waals surface area contributed by atoms with Crippen LogP contribution in [0.4, 0.5) is 0 Å². The first kappa shape index (κ1) is 25.2. The number of nitrogens with zero attached hydrogens (tertiary/aromatic N) is 4. The fourth-order valence-corrected chi connectivity index (χ4v) is 6.48. The molecular weight excluding hydrogens is 524 g/mol. The summed E-state index contributed by atoms with van der Waals surface area (Å²) in [6.45, 7) is 0. The van der Waals surface area contributed by atoms with Crippen LogP contribution >= 0.6 is 0 Å². The second-order valence-corrected chi connectivity index (χ2v) is 11.2. The summed E-state index contributed by atoms with van der Waals surface area (Å²) in [7, 11) is 4.19. The molecule has 0 fully saturated rings. The smallest absolute Gasteiger partial charge is 0.140 e. The summed E-state index contributed by atoms with van der Waals surface area (Å²) in [4.78, 5) is 9.91. The van der Waals surface area contributed by atoms with Crippen LogP contribution in [0.1, 0.15) is 11.1 Å². The maximum Gasteiger partial charge on any atom is 0.140 e.